The third-order valence-corrected chi connectivity index (χ3v) is 2.53. The van der Waals surface area contributed by atoms with E-state index in [1.54, 1.807) is 18.3 Å². The Morgan fingerprint density at radius 2 is 2.07 bits per heavy atom. The zero-order chi connectivity index (χ0) is 10.7. The fourth-order valence-electron chi connectivity index (χ4n) is 1.33. The van der Waals surface area contributed by atoms with Gasteiger partial charge in [-0.2, -0.15) is 0 Å². The first-order valence-electron chi connectivity index (χ1n) is 4.47. The molecule has 0 amide bonds. The molecule has 3 heteroatoms. The van der Waals surface area contributed by atoms with E-state index in [1.807, 2.05) is 24.3 Å². The molecule has 0 saturated carbocycles. The lowest BCUT2D eigenvalue weighted by Gasteiger charge is -2.01. The predicted octanol–water partition coefficient (Wildman–Crippen LogP) is 3.32. The fraction of sp³-hybridized carbons (Fsp3) is 0. The molecule has 0 N–H and O–H groups in total. The number of aldehydes is 1. The van der Waals surface area contributed by atoms with E-state index in [4.69, 9.17) is 0 Å². The van der Waals surface area contributed by atoms with Crippen molar-refractivity contribution in [2.24, 2.45) is 0 Å². The molecule has 1 aromatic heterocycles. The molecule has 0 bridgehead atoms. The highest BCUT2D eigenvalue weighted by atomic mass is 79.9. The van der Waals surface area contributed by atoms with Crippen LogP contribution in [0.25, 0.3) is 11.3 Å². The highest BCUT2D eigenvalue weighted by molar-refractivity contribution is 9.10. The largest absolute Gasteiger partial charge is 0.298 e. The molecule has 0 aliphatic heterocycles. The maximum absolute atomic E-state index is 10.6. The normalized spacial score (nSPS) is 9.93. The van der Waals surface area contributed by atoms with Gasteiger partial charge in [-0.1, -0.05) is 28.1 Å². The summed E-state index contributed by atoms with van der Waals surface area (Å²) in [5.41, 5.74) is 2.44. The number of rotatable bonds is 2. The standard InChI is InChI=1S/C12H8BrNO/c13-11-3-1-2-10(7-11)12-6-9(8-15)4-5-14-12/h1-8H. The number of aromatic nitrogens is 1. The number of carbonyl (C=O) groups is 1. The van der Waals surface area contributed by atoms with Gasteiger partial charge in [0.25, 0.3) is 0 Å². The van der Waals surface area contributed by atoms with Crippen LogP contribution < -0.4 is 0 Å². The lowest BCUT2D eigenvalue weighted by atomic mass is 10.1. The third-order valence-electron chi connectivity index (χ3n) is 2.04. The highest BCUT2D eigenvalue weighted by Crippen LogP contribution is 2.21. The molecule has 2 nitrogen and oxygen atoms in total. The van der Waals surface area contributed by atoms with Crippen LogP contribution in [0.3, 0.4) is 0 Å². The number of hydrogen-bond acceptors (Lipinski definition) is 2. The van der Waals surface area contributed by atoms with Gasteiger partial charge < -0.3 is 0 Å². The predicted molar refractivity (Wildman–Crippen MR) is 62.8 cm³/mol. The van der Waals surface area contributed by atoms with Crippen molar-refractivity contribution in [1.29, 1.82) is 0 Å². The fourth-order valence-corrected chi connectivity index (χ4v) is 1.73. The molecule has 2 rings (SSSR count). The van der Waals surface area contributed by atoms with Crippen LogP contribution in [-0.4, -0.2) is 11.3 Å². The van der Waals surface area contributed by atoms with Crippen molar-refractivity contribution in [2.45, 2.75) is 0 Å². The molecule has 0 fully saturated rings. The Hall–Kier alpha value is -1.48. The summed E-state index contributed by atoms with van der Waals surface area (Å²) in [6.07, 6.45) is 2.46. The van der Waals surface area contributed by atoms with Gasteiger partial charge in [-0.05, 0) is 24.3 Å². The van der Waals surface area contributed by atoms with Crippen molar-refractivity contribution in [1.82, 2.24) is 4.98 Å². The summed E-state index contributed by atoms with van der Waals surface area (Å²) in [6.45, 7) is 0. The van der Waals surface area contributed by atoms with Gasteiger partial charge in [-0.25, -0.2) is 0 Å². The van der Waals surface area contributed by atoms with Crippen LogP contribution in [0.15, 0.2) is 47.1 Å². The van der Waals surface area contributed by atoms with Gasteiger partial charge in [0.15, 0.2) is 0 Å². The van der Waals surface area contributed by atoms with Crippen LogP contribution in [0.1, 0.15) is 10.4 Å². The van der Waals surface area contributed by atoms with Gasteiger partial charge in [-0.3, -0.25) is 9.78 Å². The van der Waals surface area contributed by atoms with E-state index < -0.39 is 0 Å². The average Bonchev–Trinajstić information content (AvgIpc) is 2.29. The summed E-state index contributed by atoms with van der Waals surface area (Å²) < 4.78 is 0.998. The first kappa shape index (κ1) is 10.1. The van der Waals surface area contributed by atoms with Gasteiger partial charge >= 0.3 is 0 Å². The molecule has 2 aromatic rings. The van der Waals surface area contributed by atoms with Crippen molar-refractivity contribution in [3.63, 3.8) is 0 Å². The van der Waals surface area contributed by atoms with E-state index in [-0.39, 0.29) is 0 Å². The van der Waals surface area contributed by atoms with Gasteiger partial charge in [0.05, 0.1) is 5.69 Å². The Morgan fingerprint density at radius 1 is 1.20 bits per heavy atom. The summed E-state index contributed by atoms with van der Waals surface area (Å²) in [7, 11) is 0. The minimum atomic E-state index is 0.639. The lowest BCUT2D eigenvalue weighted by Crippen LogP contribution is -1.86. The Labute approximate surface area is 96.1 Å². The number of benzene rings is 1. The first-order valence-corrected chi connectivity index (χ1v) is 5.26. The third kappa shape index (κ3) is 2.30. The highest BCUT2D eigenvalue weighted by Gasteiger charge is 2.00. The van der Waals surface area contributed by atoms with Crippen molar-refractivity contribution >= 4 is 22.2 Å². The summed E-state index contributed by atoms with van der Waals surface area (Å²) in [5, 5.41) is 0. The Morgan fingerprint density at radius 3 is 2.80 bits per heavy atom. The number of nitrogens with zero attached hydrogens (tertiary/aromatic N) is 1. The van der Waals surface area contributed by atoms with Crippen LogP contribution in [0, 0.1) is 0 Å². The van der Waals surface area contributed by atoms with Gasteiger partial charge in [0.2, 0.25) is 0 Å². The Balaban J connectivity index is 2.49. The van der Waals surface area contributed by atoms with Crippen LogP contribution in [0.5, 0.6) is 0 Å². The number of halogens is 1. The van der Waals surface area contributed by atoms with Gasteiger partial charge in [-0.15, -0.1) is 0 Å². The van der Waals surface area contributed by atoms with Gasteiger partial charge in [0, 0.05) is 21.8 Å². The number of hydrogen-bond donors (Lipinski definition) is 0. The Kier molecular flexibility index (Phi) is 2.92. The second-order valence-electron chi connectivity index (χ2n) is 3.10. The molecular formula is C12H8BrNO. The second kappa shape index (κ2) is 4.36. The SMILES string of the molecule is O=Cc1ccnc(-c2cccc(Br)c2)c1. The molecule has 0 spiro atoms. The topological polar surface area (TPSA) is 30.0 Å². The first-order chi connectivity index (χ1) is 7.29. The Bertz CT molecular complexity index is 496. The smallest absolute Gasteiger partial charge is 0.150 e. The molecule has 15 heavy (non-hydrogen) atoms. The van der Waals surface area contributed by atoms with Crippen LogP contribution in [-0.2, 0) is 0 Å². The maximum Gasteiger partial charge on any atom is 0.150 e. The van der Waals surface area contributed by atoms with Crippen molar-refractivity contribution in [3.8, 4) is 11.3 Å². The van der Waals surface area contributed by atoms with Gasteiger partial charge in [0.1, 0.15) is 6.29 Å². The number of pyridine rings is 1. The summed E-state index contributed by atoms with van der Waals surface area (Å²) in [4.78, 5) is 14.8. The van der Waals surface area contributed by atoms with E-state index >= 15 is 0 Å². The summed E-state index contributed by atoms with van der Waals surface area (Å²) in [6, 6.07) is 11.3. The molecule has 74 valence electrons. The van der Waals surface area contributed by atoms with Crippen LogP contribution in [0.4, 0.5) is 0 Å². The van der Waals surface area contributed by atoms with E-state index in [0.29, 0.717) is 5.56 Å². The zero-order valence-corrected chi connectivity index (χ0v) is 9.44. The van der Waals surface area contributed by atoms with Crippen LogP contribution >= 0.6 is 15.9 Å². The van der Waals surface area contributed by atoms with E-state index in [0.717, 1.165) is 22.0 Å². The monoisotopic (exact) mass is 261 g/mol. The maximum atomic E-state index is 10.6. The molecule has 0 aliphatic rings. The second-order valence-corrected chi connectivity index (χ2v) is 4.02. The zero-order valence-electron chi connectivity index (χ0n) is 7.85. The van der Waals surface area contributed by atoms with E-state index in [1.165, 1.54) is 0 Å². The van der Waals surface area contributed by atoms with Crippen molar-refractivity contribution in [3.05, 3.63) is 52.6 Å². The molecular weight excluding hydrogens is 254 g/mol. The van der Waals surface area contributed by atoms with E-state index in [9.17, 15) is 4.79 Å². The molecule has 0 atom stereocenters. The molecule has 0 aliphatic carbocycles. The quantitative estimate of drug-likeness (QED) is 0.777. The van der Waals surface area contributed by atoms with Crippen molar-refractivity contribution in [2.75, 3.05) is 0 Å². The van der Waals surface area contributed by atoms with E-state index in [2.05, 4.69) is 20.9 Å². The molecule has 0 saturated heterocycles. The van der Waals surface area contributed by atoms with Crippen molar-refractivity contribution < 1.29 is 4.79 Å². The molecule has 1 heterocycles. The average molecular weight is 262 g/mol. The minimum Gasteiger partial charge on any atom is -0.298 e. The summed E-state index contributed by atoms with van der Waals surface area (Å²) >= 11 is 3.40. The molecule has 0 unspecified atom stereocenters. The minimum absolute atomic E-state index is 0.639. The molecule has 1 aromatic carbocycles. The lowest BCUT2D eigenvalue weighted by molar-refractivity contribution is 0.112. The summed E-state index contributed by atoms with van der Waals surface area (Å²) in [5.74, 6) is 0. The van der Waals surface area contributed by atoms with Crippen LogP contribution in [0.2, 0.25) is 0 Å². The molecule has 0 radical (unpaired) electrons. The number of carbonyl (C=O) groups excluding carboxylic acids is 1.